The normalized spacial score (nSPS) is 21.9. The second kappa shape index (κ2) is 7.72. The van der Waals surface area contributed by atoms with Gasteiger partial charge in [0.2, 0.25) is 0 Å². The highest BCUT2D eigenvalue weighted by Crippen LogP contribution is 2.28. The number of rotatable bonds is 5. The fraction of sp³-hybridized carbons (Fsp3) is 0.588. The van der Waals surface area contributed by atoms with E-state index in [1.54, 1.807) is 12.0 Å². The number of nitrogens with zero attached hydrogens (tertiary/aromatic N) is 2. The van der Waals surface area contributed by atoms with Crippen LogP contribution in [0.4, 0.5) is 4.79 Å². The summed E-state index contributed by atoms with van der Waals surface area (Å²) in [4.78, 5) is 16.1. The maximum atomic E-state index is 12.1. The van der Waals surface area contributed by atoms with Crippen molar-refractivity contribution in [2.24, 2.45) is 0 Å². The fourth-order valence-corrected chi connectivity index (χ4v) is 2.88. The monoisotopic (exact) mass is 335 g/mol. The second-order valence-electron chi connectivity index (χ2n) is 6.24. The molecular formula is C17H25N3O4. The average Bonchev–Trinajstić information content (AvgIpc) is 2.56. The van der Waals surface area contributed by atoms with Gasteiger partial charge >= 0.3 is 6.03 Å². The lowest BCUT2D eigenvalue weighted by Crippen LogP contribution is -2.60. The molecule has 2 aliphatic heterocycles. The van der Waals surface area contributed by atoms with Crippen LogP contribution in [0.3, 0.4) is 0 Å². The van der Waals surface area contributed by atoms with Gasteiger partial charge in [-0.1, -0.05) is 12.1 Å². The predicted octanol–water partition coefficient (Wildman–Crippen LogP) is 0.798. The minimum atomic E-state index is -0.0632. The Balaban J connectivity index is 1.39. The Morgan fingerprint density at radius 1 is 1.29 bits per heavy atom. The van der Waals surface area contributed by atoms with Gasteiger partial charge in [0.25, 0.3) is 0 Å². The zero-order chi connectivity index (χ0) is 16.9. The van der Waals surface area contributed by atoms with Crippen LogP contribution in [0.15, 0.2) is 24.3 Å². The molecule has 2 aliphatic rings. The smallest absolute Gasteiger partial charge is 0.317 e. The average molecular weight is 335 g/mol. The molecule has 2 amide bonds. The maximum absolute atomic E-state index is 12.1. The molecule has 0 spiro atoms. The summed E-state index contributed by atoms with van der Waals surface area (Å²) < 4.78 is 16.8. The van der Waals surface area contributed by atoms with Crippen LogP contribution in [0.5, 0.6) is 11.5 Å². The van der Waals surface area contributed by atoms with E-state index in [2.05, 4.69) is 17.3 Å². The molecule has 2 fully saturated rings. The van der Waals surface area contributed by atoms with E-state index in [0.717, 1.165) is 19.7 Å². The minimum Gasteiger partial charge on any atom is -0.493 e. The van der Waals surface area contributed by atoms with Crippen LogP contribution < -0.4 is 14.8 Å². The number of carbonyl (C=O) groups is 1. The van der Waals surface area contributed by atoms with E-state index in [4.69, 9.17) is 14.2 Å². The number of para-hydroxylation sites is 2. The zero-order valence-electron chi connectivity index (χ0n) is 14.2. The molecule has 24 heavy (non-hydrogen) atoms. The van der Waals surface area contributed by atoms with Gasteiger partial charge in [-0.05, 0) is 19.2 Å². The van der Waals surface area contributed by atoms with Crippen LogP contribution >= 0.6 is 0 Å². The van der Waals surface area contributed by atoms with Gasteiger partial charge in [0.15, 0.2) is 11.5 Å². The first-order valence-corrected chi connectivity index (χ1v) is 8.28. The van der Waals surface area contributed by atoms with Gasteiger partial charge in [-0.3, -0.25) is 0 Å². The molecule has 1 aromatic rings. The molecule has 0 radical (unpaired) electrons. The SMILES string of the molecule is COc1ccccc1OC1CN(C(=O)NCC2CN(C)CCO2)C1. The van der Waals surface area contributed by atoms with E-state index in [9.17, 15) is 4.79 Å². The van der Waals surface area contributed by atoms with Crippen molar-refractivity contribution in [3.8, 4) is 11.5 Å². The Kier molecular flexibility index (Phi) is 5.42. The fourth-order valence-electron chi connectivity index (χ4n) is 2.88. The molecular weight excluding hydrogens is 310 g/mol. The number of morpholine rings is 1. The van der Waals surface area contributed by atoms with Crippen LogP contribution in [-0.4, -0.2) is 81.5 Å². The molecule has 1 unspecified atom stereocenters. The summed E-state index contributed by atoms with van der Waals surface area (Å²) >= 11 is 0. The van der Waals surface area contributed by atoms with E-state index >= 15 is 0 Å². The first-order chi connectivity index (χ1) is 11.7. The van der Waals surface area contributed by atoms with Crippen molar-refractivity contribution in [3.05, 3.63) is 24.3 Å². The number of ether oxygens (including phenoxy) is 3. The summed E-state index contributed by atoms with van der Waals surface area (Å²) in [6.07, 6.45) is 0.0683. The van der Waals surface area contributed by atoms with Crippen molar-refractivity contribution >= 4 is 6.03 Å². The molecule has 2 heterocycles. The van der Waals surface area contributed by atoms with Crippen LogP contribution in [-0.2, 0) is 4.74 Å². The Morgan fingerprint density at radius 3 is 2.75 bits per heavy atom. The van der Waals surface area contributed by atoms with Crippen LogP contribution in [0.25, 0.3) is 0 Å². The highest BCUT2D eigenvalue weighted by Gasteiger charge is 2.33. The van der Waals surface area contributed by atoms with E-state index in [-0.39, 0.29) is 18.2 Å². The number of likely N-dealkylation sites (N-methyl/N-ethyl adjacent to an activating group) is 1. The minimum absolute atomic E-state index is 0.00381. The van der Waals surface area contributed by atoms with Crippen molar-refractivity contribution in [1.29, 1.82) is 0 Å². The molecule has 2 saturated heterocycles. The number of hydrogen-bond acceptors (Lipinski definition) is 5. The lowest BCUT2D eigenvalue weighted by molar-refractivity contribution is -0.0185. The molecule has 1 aromatic carbocycles. The molecule has 0 bridgehead atoms. The third-order valence-corrected chi connectivity index (χ3v) is 4.32. The van der Waals surface area contributed by atoms with Gasteiger partial charge in [-0.15, -0.1) is 0 Å². The second-order valence-corrected chi connectivity index (χ2v) is 6.24. The molecule has 7 nitrogen and oxygen atoms in total. The Hall–Kier alpha value is -1.99. The highest BCUT2D eigenvalue weighted by atomic mass is 16.5. The first kappa shape index (κ1) is 16.9. The van der Waals surface area contributed by atoms with Crippen molar-refractivity contribution in [2.75, 3.05) is 53.5 Å². The number of nitrogens with one attached hydrogen (secondary N) is 1. The number of methoxy groups -OCH3 is 1. The Morgan fingerprint density at radius 2 is 2.04 bits per heavy atom. The summed E-state index contributed by atoms with van der Waals surface area (Å²) in [5.41, 5.74) is 0. The van der Waals surface area contributed by atoms with Crippen LogP contribution in [0.1, 0.15) is 0 Å². The van der Waals surface area contributed by atoms with Gasteiger partial charge in [-0.25, -0.2) is 4.79 Å². The van der Waals surface area contributed by atoms with E-state index in [1.807, 2.05) is 24.3 Å². The maximum Gasteiger partial charge on any atom is 0.317 e. The first-order valence-electron chi connectivity index (χ1n) is 8.28. The van der Waals surface area contributed by atoms with E-state index in [0.29, 0.717) is 31.1 Å². The lowest BCUT2D eigenvalue weighted by Gasteiger charge is -2.39. The molecule has 7 heteroatoms. The van der Waals surface area contributed by atoms with Crippen molar-refractivity contribution in [2.45, 2.75) is 12.2 Å². The van der Waals surface area contributed by atoms with Crippen LogP contribution in [0, 0.1) is 0 Å². The number of carbonyl (C=O) groups excluding carboxylic acids is 1. The molecule has 0 aromatic heterocycles. The molecule has 1 N–H and O–H groups in total. The third-order valence-electron chi connectivity index (χ3n) is 4.32. The lowest BCUT2D eigenvalue weighted by atomic mass is 10.2. The van der Waals surface area contributed by atoms with E-state index < -0.39 is 0 Å². The molecule has 3 rings (SSSR count). The van der Waals surface area contributed by atoms with Gasteiger partial charge < -0.3 is 29.3 Å². The van der Waals surface area contributed by atoms with Gasteiger partial charge in [0.1, 0.15) is 6.10 Å². The number of hydrogen-bond donors (Lipinski definition) is 1. The standard InChI is InChI=1S/C17H25N3O4/c1-19-7-8-23-13(10-19)9-18-17(21)20-11-14(12-20)24-16-6-4-3-5-15(16)22-2/h3-6,13-14H,7-12H2,1-2H3,(H,18,21). The summed E-state index contributed by atoms with van der Waals surface area (Å²) in [5, 5.41) is 2.94. The van der Waals surface area contributed by atoms with Crippen molar-refractivity contribution in [3.63, 3.8) is 0 Å². The summed E-state index contributed by atoms with van der Waals surface area (Å²) in [6.45, 7) is 4.20. The molecule has 0 aliphatic carbocycles. The number of benzene rings is 1. The number of amides is 2. The largest absolute Gasteiger partial charge is 0.493 e. The quantitative estimate of drug-likeness (QED) is 0.862. The summed E-state index contributed by atoms with van der Waals surface area (Å²) in [7, 11) is 3.68. The molecule has 1 atom stereocenters. The van der Waals surface area contributed by atoms with Crippen molar-refractivity contribution < 1.29 is 19.0 Å². The zero-order valence-corrected chi connectivity index (χ0v) is 14.2. The molecule has 0 saturated carbocycles. The Bertz CT molecular complexity index is 563. The van der Waals surface area contributed by atoms with E-state index in [1.165, 1.54) is 0 Å². The van der Waals surface area contributed by atoms with Crippen LogP contribution in [0.2, 0.25) is 0 Å². The van der Waals surface area contributed by atoms with Gasteiger partial charge in [-0.2, -0.15) is 0 Å². The highest BCUT2D eigenvalue weighted by molar-refractivity contribution is 5.75. The Labute approximate surface area is 142 Å². The predicted molar refractivity (Wildman–Crippen MR) is 89.6 cm³/mol. The third kappa shape index (κ3) is 4.10. The summed E-state index contributed by atoms with van der Waals surface area (Å²) in [5.74, 6) is 1.42. The topological polar surface area (TPSA) is 63.3 Å². The number of likely N-dealkylation sites (tertiary alicyclic amines) is 1. The van der Waals surface area contributed by atoms with Gasteiger partial charge in [0.05, 0.1) is 32.9 Å². The number of urea groups is 1. The van der Waals surface area contributed by atoms with Gasteiger partial charge in [0, 0.05) is 19.6 Å². The van der Waals surface area contributed by atoms with Crippen molar-refractivity contribution in [1.82, 2.24) is 15.1 Å². The molecule has 132 valence electrons. The summed E-state index contributed by atoms with van der Waals surface area (Å²) in [6, 6.07) is 7.48.